The van der Waals surface area contributed by atoms with Crippen LogP contribution in [-0.4, -0.2) is 0 Å². The van der Waals surface area contributed by atoms with Gasteiger partial charge in [-0.1, -0.05) is 17.7 Å². The zero-order chi connectivity index (χ0) is 11.4. The van der Waals surface area contributed by atoms with Crippen LogP contribution < -0.4 is 4.74 Å². The number of rotatable bonds is 3. The maximum absolute atomic E-state index is 6.84. The van der Waals surface area contributed by atoms with Gasteiger partial charge in [0.25, 0.3) is 0 Å². The first-order chi connectivity index (χ1) is 7.78. The van der Waals surface area contributed by atoms with Gasteiger partial charge in [-0.25, -0.2) is 5.53 Å². The third-order valence-electron chi connectivity index (χ3n) is 2.22. The average Bonchev–Trinajstić information content (AvgIpc) is 2.33. The van der Waals surface area contributed by atoms with Crippen molar-refractivity contribution in [2.45, 2.75) is 6.92 Å². The largest absolute Gasteiger partial charge is 0.457 e. The van der Waals surface area contributed by atoms with Crippen LogP contribution >= 0.6 is 0 Å². The summed E-state index contributed by atoms with van der Waals surface area (Å²) < 4.78 is 5.63. The molecule has 0 radical (unpaired) electrons. The molecule has 80 valence electrons. The Morgan fingerprint density at radius 1 is 0.875 bits per heavy atom. The molecule has 0 aromatic heterocycles. The van der Waals surface area contributed by atoms with Crippen LogP contribution in [0.2, 0.25) is 0 Å². The number of aryl methyl sites for hydroxylation is 1. The van der Waals surface area contributed by atoms with Crippen molar-refractivity contribution in [1.82, 2.24) is 0 Å². The molecule has 3 nitrogen and oxygen atoms in total. The molecule has 0 fully saturated rings. The van der Waals surface area contributed by atoms with Crippen LogP contribution in [0.1, 0.15) is 5.56 Å². The van der Waals surface area contributed by atoms with E-state index in [1.165, 1.54) is 5.56 Å². The van der Waals surface area contributed by atoms with Crippen molar-refractivity contribution in [2.24, 2.45) is 5.11 Å². The van der Waals surface area contributed by atoms with Gasteiger partial charge >= 0.3 is 0 Å². The van der Waals surface area contributed by atoms with Crippen LogP contribution in [0.5, 0.6) is 11.5 Å². The molecule has 0 unspecified atom stereocenters. The summed E-state index contributed by atoms with van der Waals surface area (Å²) in [6.07, 6.45) is 0. The fourth-order valence-corrected chi connectivity index (χ4v) is 1.33. The Morgan fingerprint density at radius 3 is 1.88 bits per heavy atom. The second-order valence-electron chi connectivity index (χ2n) is 3.52. The van der Waals surface area contributed by atoms with Gasteiger partial charge in [-0.15, -0.1) is 0 Å². The topological polar surface area (TPSA) is 45.4 Å². The highest BCUT2D eigenvalue weighted by atomic mass is 16.5. The number of nitrogens with zero attached hydrogens (tertiary/aromatic N) is 1. The molecular formula is C13H12N2O. The first-order valence-corrected chi connectivity index (χ1v) is 5.00. The number of ether oxygens (including phenoxy) is 1. The van der Waals surface area contributed by atoms with E-state index in [2.05, 4.69) is 5.11 Å². The van der Waals surface area contributed by atoms with Gasteiger partial charge in [0, 0.05) is 0 Å². The molecule has 1 N–H and O–H groups in total. The summed E-state index contributed by atoms with van der Waals surface area (Å²) in [7, 11) is 0. The average molecular weight is 212 g/mol. The van der Waals surface area contributed by atoms with Crippen LogP contribution in [-0.2, 0) is 0 Å². The summed E-state index contributed by atoms with van der Waals surface area (Å²) >= 11 is 0. The molecule has 16 heavy (non-hydrogen) atoms. The first kappa shape index (κ1) is 10.4. The molecule has 0 saturated heterocycles. The Kier molecular flexibility index (Phi) is 2.96. The molecule has 0 atom stereocenters. The lowest BCUT2D eigenvalue weighted by atomic mass is 10.2. The normalized spacial score (nSPS) is 9.81. The summed E-state index contributed by atoms with van der Waals surface area (Å²) in [6, 6.07) is 15.0. The molecule has 0 spiro atoms. The van der Waals surface area contributed by atoms with E-state index in [1.807, 2.05) is 31.2 Å². The van der Waals surface area contributed by atoms with E-state index in [0.29, 0.717) is 5.69 Å². The maximum atomic E-state index is 6.84. The van der Waals surface area contributed by atoms with Gasteiger partial charge in [0.1, 0.15) is 11.5 Å². The SMILES string of the molecule is Cc1ccc(Oc2ccc(N=N)cc2)cc1. The van der Waals surface area contributed by atoms with Crippen LogP contribution in [0, 0.1) is 12.5 Å². The Morgan fingerprint density at radius 2 is 1.38 bits per heavy atom. The minimum Gasteiger partial charge on any atom is -0.457 e. The molecule has 2 rings (SSSR count). The standard InChI is InChI=1S/C13H12N2O/c1-10-2-6-12(7-3-10)16-13-8-4-11(15-14)5-9-13/h2-9,14H,1H3. The monoisotopic (exact) mass is 212 g/mol. The minimum atomic E-state index is 0.622. The second-order valence-corrected chi connectivity index (χ2v) is 3.52. The maximum Gasteiger partial charge on any atom is 0.127 e. The van der Waals surface area contributed by atoms with E-state index in [0.717, 1.165) is 11.5 Å². The number of hydrogen-bond donors (Lipinski definition) is 1. The summed E-state index contributed by atoms with van der Waals surface area (Å²) in [6.45, 7) is 2.04. The molecule has 0 aliphatic heterocycles. The third-order valence-corrected chi connectivity index (χ3v) is 2.22. The first-order valence-electron chi connectivity index (χ1n) is 5.00. The highest BCUT2D eigenvalue weighted by Gasteiger charge is 1.96. The molecule has 0 saturated carbocycles. The lowest BCUT2D eigenvalue weighted by Gasteiger charge is -2.05. The molecular weight excluding hydrogens is 200 g/mol. The van der Waals surface area contributed by atoms with Crippen LogP contribution in [0.3, 0.4) is 0 Å². The van der Waals surface area contributed by atoms with Crippen molar-refractivity contribution < 1.29 is 4.74 Å². The number of benzene rings is 2. The van der Waals surface area contributed by atoms with Crippen molar-refractivity contribution in [3.63, 3.8) is 0 Å². The fourth-order valence-electron chi connectivity index (χ4n) is 1.33. The molecule has 2 aromatic carbocycles. The predicted molar refractivity (Wildman–Crippen MR) is 62.5 cm³/mol. The Bertz CT molecular complexity index is 474. The van der Waals surface area contributed by atoms with Gasteiger partial charge < -0.3 is 4.74 Å². The fraction of sp³-hybridized carbons (Fsp3) is 0.0769. The van der Waals surface area contributed by atoms with Crippen molar-refractivity contribution in [1.29, 1.82) is 5.53 Å². The van der Waals surface area contributed by atoms with E-state index >= 15 is 0 Å². The van der Waals surface area contributed by atoms with Gasteiger partial charge in [-0.05, 0) is 43.3 Å². The smallest absolute Gasteiger partial charge is 0.127 e. The van der Waals surface area contributed by atoms with Gasteiger partial charge in [0.05, 0.1) is 5.69 Å². The minimum absolute atomic E-state index is 0.622. The molecule has 0 bridgehead atoms. The summed E-state index contributed by atoms with van der Waals surface area (Å²) in [5.74, 6) is 1.55. The summed E-state index contributed by atoms with van der Waals surface area (Å²) in [4.78, 5) is 0. The van der Waals surface area contributed by atoms with Crippen molar-refractivity contribution in [3.05, 3.63) is 54.1 Å². The lowest BCUT2D eigenvalue weighted by molar-refractivity contribution is 0.482. The molecule has 0 heterocycles. The zero-order valence-electron chi connectivity index (χ0n) is 8.97. The van der Waals surface area contributed by atoms with E-state index in [1.54, 1.807) is 24.3 Å². The Hall–Kier alpha value is -2.16. The summed E-state index contributed by atoms with van der Waals surface area (Å²) in [5.41, 5.74) is 8.67. The zero-order valence-corrected chi connectivity index (χ0v) is 8.97. The van der Waals surface area contributed by atoms with Crippen LogP contribution in [0.15, 0.2) is 53.6 Å². The van der Waals surface area contributed by atoms with Gasteiger partial charge in [-0.3, -0.25) is 0 Å². The van der Waals surface area contributed by atoms with Crippen LogP contribution in [0.4, 0.5) is 5.69 Å². The molecule has 3 heteroatoms. The molecule has 0 amide bonds. The third kappa shape index (κ3) is 2.45. The Balaban J connectivity index is 2.14. The number of nitrogens with one attached hydrogen (secondary N) is 1. The second kappa shape index (κ2) is 4.57. The summed E-state index contributed by atoms with van der Waals surface area (Å²) in [5, 5.41) is 3.32. The highest BCUT2D eigenvalue weighted by Crippen LogP contribution is 2.23. The predicted octanol–water partition coefficient (Wildman–Crippen LogP) is 4.45. The van der Waals surface area contributed by atoms with Gasteiger partial charge in [0.2, 0.25) is 0 Å². The van der Waals surface area contributed by atoms with E-state index in [4.69, 9.17) is 10.3 Å². The van der Waals surface area contributed by atoms with Crippen molar-refractivity contribution in [2.75, 3.05) is 0 Å². The van der Waals surface area contributed by atoms with Crippen molar-refractivity contribution >= 4 is 5.69 Å². The van der Waals surface area contributed by atoms with Crippen molar-refractivity contribution in [3.8, 4) is 11.5 Å². The molecule has 2 aromatic rings. The molecule has 0 aliphatic carbocycles. The Labute approximate surface area is 94.2 Å². The number of hydrogen-bond acceptors (Lipinski definition) is 3. The van der Waals surface area contributed by atoms with Gasteiger partial charge in [0.15, 0.2) is 0 Å². The van der Waals surface area contributed by atoms with E-state index < -0.39 is 0 Å². The van der Waals surface area contributed by atoms with E-state index in [9.17, 15) is 0 Å². The molecule has 0 aliphatic rings. The van der Waals surface area contributed by atoms with E-state index in [-0.39, 0.29) is 0 Å². The van der Waals surface area contributed by atoms with Crippen LogP contribution in [0.25, 0.3) is 0 Å². The lowest BCUT2D eigenvalue weighted by Crippen LogP contribution is -1.83. The quantitative estimate of drug-likeness (QED) is 0.750. The highest BCUT2D eigenvalue weighted by molar-refractivity contribution is 5.42. The van der Waals surface area contributed by atoms with Gasteiger partial charge in [-0.2, -0.15) is 5.11 Å².